The second-order valence-corrected chi connectivity index (χ2v) is 5.59. The third kappa shape index (κ3) is 5.52. The monoisotopic (exact) mass is 344 g/mol. The standard InChI is InChI=1S/C17H24N6O2/c1-12-11-15(23(2)3)22-16(20-12)18-9-10-19-17(24)21-13-7-5-6-8-14(13)25-4/h5-8,11H,9-10H2,1-4H3,(H,18,20,22)(H2,19,21,24). The van der Waals surface area contributed by atoms with Gasteiger partial charge in [0.05, 0.1) is 12.8 Å². The van der Waals surface area contributed by atoms with Crippen LogP contribution in [0, 0.1) is 6.92 Å². The number of hydrogen-bond acceptors (Lipinski definition) is 6. The minimum absolute atomic E-state index is 0.301. The maximum absolute atomic E-state index is 11.9. The molecule has 0 fully saturated rings. The summed E-state index contributed by atoms with van der Waals surface area (Å²) in [6, 6.07) is 8.84. The number of amides is 2. The minimum atomic E-state index is -0.301. The van der Waals surface area contributed by atoms with Crippen LogP contribution in [0.5, 0.6) is 5.75 Å². The Morgan fingerprint density at radius 3 is 2.68 bits per heavy atom. The summed E-state index contributed by atoms with van der Waals surface area (Å²) < 4.78 is 5.20. The molecule has 0 atom stereocenters. The van der Waals surface area contributed by atoms with Gasteiger partial charge in [0.2, 0.25) is 5.95 Å². The van der Waals surface area contributed by atoms with E-state index in [-0.39, 0.29) is 6.03 Å². The van der Waals surface area contributed by atoms with Crippen molar-refractivity contribution in [3.63, 3.8) is 0 Å². The van der Waals surface area contributed by atoms with Crippen molar-refractivity contribution >= 4 is 23.5 Å². The van der Waals surface area contributed by atoms with Crippen molar-refractivity contribution in [1.82, 2.24) is 15.3 Å². The molecule has 134 valence electrons. The zero-order chi connectivity index (χ0) is 18.2. The van der Waals surface area contributed by atoms with Crippen LogP contribution in [-0.2, 0) is 0 Å². The van der Waals surface area contributed by atoms with Crippen molar-refractivity contribution in [3.05, 3.63) is 36.0 Å². The van der Waals surface area contributed by atoms with Crippen LogP contribution >= 0.6 is 0 Å². The Hall–Kier alpha value is -3.03. The van der Waals surface area contributed by atoms with Gasteiger partial charge in [0.1, 0.15) is 11.6 Å². The normalized spacial score (nSPS) is 10.1. The second kappa shape index (κ2) is 8.72. The number of carbonyl (C=O) groups excluding carboxylic acids is 1. The lowest BCUT2D eigenvalue weighted by Crippen LogP contribution is -2.33. The van der Waals surface area contributed by atoms with E-state index in [9.17, 15) is 4.79 Å². The number of benzene rings is 1. The summed E-state index contributed by atoms with van der Waals surface area (Å²) in [4.78, 5) is 22.6. The summed E-state index contributed by atoms with van der Waals surface area (Å²) in [6.07, 6.45) is 0. The molecule has 1 aromatic carbocycles. The first-order chi connectivity index (χ1) is 12.0. The number of urea groups is 1. The summed E-state index contributed by atoms with van der Waals surface area (Å²) in [7, 11) is 5.41. The lowest BCUT2D eigenvalue weighted by molar-refractivity contribution is 0.252. The highest BCUT2D eigenvalue weighted by Crippen LogP contribution is 2.22. The van der Waals surface area contributed by atoms with Gasteiger partial charge in [0, 0.05) is 38.9 Å². The van der Waals surface area contributed by atoms with Crippen molar-refractivity contribution in [2.45, 2.75) is 6.92 Å². The Morgan fingerprint density at radius 2 is 1.96 bits per heavy atom. The fourth-order valence-electron chi connectivity index (χ4n) is 2.12. The smallest absolute Gasteiger partial charge is 0.319 e. The molecule has 0 aliphatic carbocycles. The number of carbonyl (C=O) groups is 1. The lowest BCUT2D eigenvalue weighted by atomic mass is 10.3. The molecule has 0 saturated carbocycles. The van der Waals surface area contributed by atoms with E-state index in [1.165, 1.54) is 0 Å². The molecule has 8 heteroatoms. The van der Waals surface area contributed by atoms with Gasteiger partial charge in [-0.1, -0.05) is 12.1 Å². The predicted octanol–water partition coefficient (Wildman–Crippen LogP) is 2.09. The number of anilines is 3. The quantitative estimate of drug-likeness (QED) is 0.666. The first-order valence-electron chi connectivity index (χ1n) is 7.94. The molecular formula is C17H24N6O2. The molecule has 25 heavy (non-hydrogen) atoms. The number of methoxy groups -OCH3 is 1. The second-order valence-electron chi connectivity index (χ2n) is 5.59. The van der Waals surface area contributed by atoms with Gasteiger partial charge in [-0.3, -0.25) is 0 Å². The summed E-state index contributed by atoms with van der Waals surface area (Å²) in [5, 5.41) is 8.63. The van der Waals surface area contributed by atoms with Crippen LogP contribution in [0.25, 0.3) is 0 Å². The van der Waals surface area contributed by atoms with Crippen molar-refractivity contribution in [2.75, 3.05) is 49.8 Å². The Labute approximate surface area is 147 Å². The molecule has 0 aliphatic rings. The van der Waals surface area contributed by atoms with Crippen LogP contribution in [0.4, 0.5) is 22.2 Å². The fourth-order valence-corrected chi connectivity index (χ4v) is 2.12. The van der Waals surface area contributed by atoms with E-state index < -0.39 is 0 Å². The summed E-state index contributed by atoms with van der Waals surface area (Å²) in [5.74, 6) is 1.98. The van der Waals surface area contributed by atoms with E-state index in [4.69, 9.17) is 4.74 Å². The molecule has 2 amide bonds. The number of aromatic nitrogens is 2. The number of ether oxygens (including phenoxy) is 1. The predicted molar refractivity (Wildman–Crippen MR) is 99.6 cm³/mol. The number of nitrogens with one attached hydrogen (secondary N) is 3. The molecule has 3 N–H and O–H groups in total. The SMILES string of the molecule is COc1ccccc1NC(=O)NCCNc1nc(C)cc(N(C)C)n1. The van der Waals surface area contributed by atoms with E-state index in [0.29, 0.717) is 30.5 Å². The highest BCUT2D eigenvalue weighted by Gasteiger charge is 2.06. The van der Waals surface area contributed by atoms with Gasteiger partial charge in [-0.15, -0.1) is 0 Å². The molecule has 0 saturated heterocycles. The summed E-state index contributed by atoms with van der Waals surface area (Å²) >= 11 is 0. The number of hydrogen-bond donors (Lipinski definition) is 3. The Morgan fingerprint density at radius 1 is 1.20 bits per heavy atom. The zero-order valence-electron chi connectivity index (χ0n) is 15.0. The highest BCUT2D eigenvalue weighted by atomic mass is 16.5. The lowest BCUT2D eigenvalue weighted by Gasteiger charge is -2.14. The van der Waals surface area contributed by atoms with E-state index >= 15 is 0 Å². The van der Waals surface area contributed by atoms with Crippen LogP contribution in [0.1, 0.15) is 5.69 Å². The molecular weight excluding hydrogens is 320 g/mol. The van der Waals surface area contributed by atoms with Gasteiger partial charge < -0.3 is 25.6 Å². The van der Waals surface area contributed by atoms with Gasteiger partial charge in [0.15, 0.2) is 0 Å². The van der Waals surface area contributed by atoms with Crippen molar-refractivity contribution < 1.29 is 9.53 Å². The molecule has 1 heterocycles. The Bertz CT molecular complexity index is 720. The summed E-state index contributed by atoms with van der Waals surface area (Å²) in [5.41, 5.74) is 1.50. The summed E-state index contributed by atoms with van der Waals surface area (Å²) in [6.45, 7) is 2.85. The molecule has 2 rings (SSSR count). The maximum Gasteiger partial charge on any atom is 0.319 e. The molecule has 2 aromatic rings. The zero-order valence-corrected chi connectivity index (χ0v) is 15.0. The minimum Gasteiger partial charge on any atom is -0.495 e. The largest absolute Gasteiger partial charge is 0.495 e. The number of rotatable bonds is 7. The van der Waals surface area contributed by atoms with Crippen molar-refractivity contribution in [3.8, 4) is 5.75 Å². The van der Waals surface area contributed by atoms with Crippen LogP contribution in [0.3, 0.4) is 0 Å². The van der Waals surface area contributed by atoms with Crippen LogP contribution in [-0.4, -0.2) is 50.3 Å². The maximum atomic E-state index is 11.9. The molecule has 0 radical (unpaired) electrons. The van der Waals surface area contributed by atoms with Gasteiger partial charge in [-0.2, -0.15) is 4.98 Å². The first kappa shape index (κ1) is 18.3. The third-order valence-electron chi connectivity index (χ3n) is 3.35. The molecule has 0 bridgehead atoms. The topological polar surface area (TPSA) is 91.4 Å². The molecule has 0 aliphatic heterocycles. The van der Waals surface area contributed by atoms with E-state index in [1.54, 1.807) is 19.2 Å². The number of aryl methyl sites for hydroxylation is 1. The van der Waals surface area contributed by atoms with E-state index in [2.05, 4.69) is 25.9 Å². The van der Waals surface area contributed by atoms with Crippen molar-refractivity contribution in [1.29, 1.82) is 0 Å². The average molecular weight is 344 g/mol. The molecule has 1 aromatic heterocycles. The van der Waals surface area contributed by atoms with E-state index in [0.717, 1.165) is 11.5 Å². The Kier molecular flexibility index (Phi) is 6.39. The molecule has 8 nitrogen and oxygen atoms in total. The molecule has 0 unspecified atom stereocenters. The van der Waals surface area contributed by atoms with Gasteiger partial charge in [0.25, 0.3) is 0 Å². The van der Waals surface area contributed by atoms with Gasteiger partial charge in [-0.05, 0) is 19.1 Å². The fraction of sp³-hybridized carbons (Fsp3) is 0.353. The third-order valence-corrected chi connectivity index (χ3v) is 3.35. The van der Waals surface area contributed by atoms with Crippen LogP contribution in [0.15, 0.2) is 30.3 Å². The highest BCUT2D eigenvalue weighted by molar-refractivity contribution is 5.90. The molecule has 0 spiro atoms. The van der Waals surface area contributed by atoms with Crippen molar-refractivity contribution in [2.24, 2.45) is 0 Å². The van der Waals surface area contributed by atoms with Crippen LogP contribution in [0.2, 0.25) is 0 Å². The number of para-hydroxylation sites is 2. The number of nitrogens with zero attached hydrogens (tertiary/aromatic N) is 3. The average Bonchev–Trinajstić information content (AvgIpc) is 2.58. The van der Waals surface area contributed by atoms with Gasteiger partial charge in [-0.25, -0.2) is 9.78 Å². The Balaban J connectivity index is 1.80. The van der Waals surface area contributed by atoms with Gasteiger partial charge >= 0.3 is 6.03 Å². The van der Waals surface area contributed by atoms with E-state index in [1.807, 2.05) is 44.1 Å². The first-order valence-corrected chi connectivity index (χ1v) is 7.94. The van der Waals surface area contributed by atoms with Crippen LogP contribution < -0.4 is 25.6 Å².